The number of benzene rings is 2. The Labute approximate surface area is 175 Å². The molecule has 0 atom stereocenters. The number of amides is 1. The molecule has 0 unspecified atom stereocenters. The summed E-state index contributed by atoms with van der Waals surface area (Å²) >= 11 is 5.97. The van der Waals surface area contributed by atoms with Gasteiger partial charge in [-0.3, -0.25) is 9.10 Å². The third-order valence-corrected chi connectivity index (χ3v) is 6.29. The van der Waals surface area contributed by atoms with E-state index in [9.17, 15) is 17.6 Å². The lowest BCUT2D eigenvalue weighted by Gasteiger charge is -2.37. The average molecular weight is 440 g/mol. The first-order valence-electron chi connectivity index (χ1n) is 9.17. The second-order valence-corrected chi connectivity index (χ2v) is 9.39. The lowest BCUT2D eigenvalue weighted by Crippen LogP contribution is -2.52. The van der Waals surface area contributed by atoms with Crippen LogP contribution in [0.25, 0.3) is 0 Å². The lowest BCUT2D eigenvalue weighted by molar-refractivity contribution is -0.129. The van der Waals surface area contributed by atoms with Crippen LogP contribution in [-0.4, -0.2) is 58.2 Å². The van der Waals surface area contributed by atoms with Crippen LogP contribution in [0, 0.1) is 12.7 Å². The number of sulfonamides is 1. The van der Waals surface area contributed by atoms with Crippen LogP contribution >= 0.6 is 11.6 Å². The number of hydrogen-bond donors (Lipinski definition) is 0. The Kier molecular flexibility index (Phi) is 6.33. The Morgan fingerprint density at radius 1 is 1.10 bits per heavy atom. The van der Waals surface area contributed by atoms with E-state index in [1.165, 1.54) is 12.1 Å². The van der Waals surface area contributed by atoms with Gasteiger partial charge in [-0.1, -0.05) is 11.6 Å². The number of aryl methyl sites for hydroxylation is 1. The molecule has 156 valence electrons. The summed E-state index contributed by atoms with van der Waals surface area (Å²) in [5, 5.41) is 0.503. The predicted molar refractivity (Wildman–Crippen MR) is 114 cm³/mol. The predicted octanol–water partition coefficient (Wildman–Crippen LogP) is 2.90. The van der Waals surface area contributed by atoms with Crippen molar-refractivity contribution < 1.29 is 17.6 Å². The van der Waals surface area contributed by atoms with E-state index in [4.69, 9.17) is 11.6 Å². The number of hydrogen-bond acceptors (Lipinski definition) is 4. The Morgan fingerprint density at radius 3 is 2.28 bits per heavy atom. The molecule has 1 aliphatic rings. The first-order valence-corrected chi connectivity index (χ1v) is 11.4. The molecule has 0 bridgehead atoms. The molecule has 0 N–H and O–H groups in total. The number of carbonyl (C=O) groups excluding carboxylic acids is 1. The van der Waals surface area contributed by atoms with Gasteiger partial charge in [0.1, 0.15) is 12.4 Å². The van der Waals surface area contributed by atoms with Gasteiger partial charge in [-0.05, 0) is 55.0 Å². The van der Waals surface area contributed by atoms with Crippen LogP contribution in [-0.2, 0) is 14.8 Å². The van der Waals surface area contributed by atoms with Crippen LogP contribution in [0.15, 0.2) is 42.5 Å². The van der Waals surface area contributed by atoms with E-state index in [-0.39, 0.29) is 18.3 Å². The van der Waals surface area contributed by atoms with E-state index >= 15 is 0 Å². The van der Waals surface area contributed by atoms with E-state index in [0.29, 0.717) is 42.5 Å². The van der Waals surface area contributed by atoms with Crippen molar-refractivity contribution in [3.05, 3.63) is 58.9 Å². The number of piperazine rings is 1. The number of anilines is 2. The fourth-order valence-corrected chi connectivity index (χ4v) is 4.50. The highest BCUT2D eigenvalue weighted by molar-refractivity contribution is 7.92. The SMILES string of the molecule is Cc1cc(Cl)ccc1N(CC(=O)N1CCN(c2ccc(F)cc2)CC1)S(C)(=O)=O. The average Bonchev–Trinajstić information content (AvgIpc) is 2.66. The van der Waals surface area contributed by atoms with Crippen LogP contribution in [0.4, 0.5) is 15.8 Å². The summed E-state index contributed by atoms with van der Waals surface area (Å²) in [6.45, 7) is 3.61. The first kappa shape index (κ1) is 21.4. The third kappa shape index (κ3) is 5.19. The topological polar surface area (TPSA) is 60.9 Å². The molecular formula is C20H23ClFN3O3S. The molecule has 29 heavy (non-hydrogen) atoms. The monoisotopic (exact) mass is 439 g/mol. The molecule has 0 aliphatic carbocycles. The van der Waals surface area contributed by atoms with Crippen molar-refractivity contribution in [2.24, 2.45) is 0 Å². The van der Waals surface area contributed by atoms with Crippen molar-refractivity contribution in [1.29, 1.82) is 0 Å². The smallest absolute Gasteiger partial charge is 0.243 e. The fraction of sp³-hybridized carbons (Fsp3) is 0.350. The van der Waals surface area contributed by atoms with Gasteiger partial charge in [0, 0.05) is 36.9 Å². The largest absolute Gasteiger partial charge is 0.368 e. The second-order valence-electron chi connectivity index (χ2n) is 7.04. The Balaban J connectivity index is 1.69. The Morgan fingerprint density at radius 2 is 1.72 bits per heavy atom. The highest BCUT2D eigenvalue weighted by Gasteiger charge is 2.27. The number of nitrogens with zero attached hydrogens (tertiary/aromatic N) is 3. The molecule has 0 aromatic heterocycles. The second kappa shape index (κ2) is 8.59. The van der Waals surface area contributed by atoms with Gasteiger partial charge in [0.2, 0.25) is 15.9 Å². The molecule has 2 aromatic rings. The number of carbonyl (C=O) groups is 1. The maximum Gasteiger partial charge on any atom is 0.243 e. The molecule has 1 aliphatic heterocycles. The summed E-state index contributed by atoms with van der Waals surface area (Å²) in [5.41, 5.74) is 2.01. The van der Waals surface area contributed by atoms with E-state index in [1.54, 1.807) is 42.2 Å². The van der Waals surface area contributed by atoms with E-state index in [2.05, 4.69) is 4.90 Å². The maximum absolute atomic E-state index is 13.1. The molecule has 1 fully saturated rings. The fourth-order valence-electron chi connectivity index (χ4n) is 3.37. The highest BCUT2D eigenvalue weighted by Crippen LogP contribution is 2.26. The van der Waals surface area contributed by atoms with Gasteiger partial charge in [0.15, 0.2) is 0 Å². The molecule has 9 heteroatoms. The molecule has 1 heterocycles. The van der Waals surface area contributed by atoms with Gasteiger partial charge in [0.05, 0.1) is 11.9 Å². The molecule has 2 aromatic carbocycles. The van der Waals surface area contributed by atoms with Crippen molar-refractivity contribution in [2.45, 2.75) is 6.92 Å². The zero-order valence-corrected chi connectivity index (χ0v) is 17.9. The minimum Gasteiger partial charge on any atom is -0.368 e. The summed E-state index contributed by atoms with van der Waals surface area (Å²) in [5.74, 6) is -0.551. The van der Waals surface area contributed by atoms with Crippen LogP contribution in [0.1, 0.15) is 5.56 Å². The molecule has 1 saturated heterocycles. The minimum atomic E-state index is -3.65. The molecular weight excluding hydrogens is 417 g/mol. The number of halogens is 2. The van der Waals surface area contributed by atoms with Crippen LogP contribution < -0.4 is 9.21 Å². The quantitative estimate of drug-likeness (QED) is 0.718. The van der Waals surface area contributed by atoms with E-state index in [1.807, 2.05) is 0 Å². The van der Waals surface area contributed by atoms with Gasteiger partial charge in [-0.25, -0.2) is 12.8 Å². The van der Waals surface area contributed by atoms with Crippen LogP contribution in [0.5, 0.6) is 0 Å². The first-order chi connectivity index (χ1) is 13.6. The summed E-state index contributed by atoms with van der Waals surface area (Å²) in [6.07, 6.45) is 1.08. The summed E-state index contributed by atoms with van der Waals surface area (Å²) in [6, 6.07) is 11.1. The van der Waals surface area contributed by atoms with Crippen LogP contribution in [0.3, 0.4) is 0 Å². The van der Waals surface area contributed by atoms with Crippen molar-refractivity contribution in [3.8, 4) is 0 Å². The minimum absolute atomic E-state index is 0.261. The molecule has 0 radical (unpaired) electrons. The van der Waals surface area contributed by atoms with Gasteiger partial charge < -0.3 is 9.80 Å². The van der Waals surface area contributed by atoms with Gasteiger partial charge in [-0.15, -0.1) is 0 Å². The molecule has 6 nitrogen and oxygen atoms in total. The highest BCUT2D eigenvalue weighted by atomic mass is 35.5. The normalized spacial score (nSPS) is 14.8. The van der Waals surface area contributed by atoms with Crippen molar-refractivity contribution in [2.75, 3.05) is 48.2 Å². The maximum atomic E-state index is 13.1. The van der Waals surface area contributed by atoms with E-state index in [0.717, 1.165) is 16.2 Å². The summed E-state index contributed by atoms with van der Waals surface area (Å²) in [7, 11) is -3.65. The zero-order chi connectivity index (χ0) is 21.2. The van der Waals surface area contributed by atoms with Gasteiger partial charge >= 0.3 is 0 Å². The van der Waals surface area contributed by atoms with E-state index < -0.39 is 10.0 Å². The Hall–Kier alpha value is -2.32. The van der Waals surface area contributed by atoms with Crippen molar-refractivity contribution in [1.82, 2.24) is 4.90 Å². The molecule has 0 saturated carbocycles. The lowest BCUT2D eigenvalue weighted by atomic mass is 10.2. The summed E-state index contributed by atoms with van der Waals surface area (Å²) < 4.78 is 38.9. The van der Waals surface area contributed by atoms with Crippen molar-refractivity contribution in [3.63, 3.8) is 0 Å². The number of rotatable bonds is 5. The van der Waals surface area contributed by atoms with Gasteiger partial charge in [-0.2, -0.15) is 0 Å². The Bertz CT molecular complexity index is 991. The standard InChI is InChI=1S/C20H23ClFN3O3S/c1-15-13-16(21)3-8-19(15)25(29(2,27)28)14-20(26)24-11-9-23(10-12-24)18-6-4-17(22)5-7-18/h3-8,13H,9-12,14H2,1-2H3. The third-order valence-electron chi connectivity index (χ3n) is 4.93. The van der Waals surface area contributed by atoms with Gasteiger partial charge in [0.25, 0.3) is 0 Å². The summed E-state index contributed by atoms with van der Waals surface area (Å²) in [4.78, 5) is 16.5. The van der Waals surface area contributed by atoms with Crippen LogP contribution in [0.2, 0.25) is 5.02 Å². The zero-order valence-electron chi connectivity index (χ0n) is 16.3. The molecule has 0 spiro atoms. The molecule has 3 rings (SSSR count). The van der Waals surface area contributed by atoms with Crippen molar-refractivity contribution >= 4 is 38.9 Å². The molecule has 1 amide bonds.